The molecule has 2 aromatic carbocycles. The summed E-state index contributed by atoms with van der Waals surface area (Å²) < 4.78 is 0. The molecule has 3 heteroatoms. The molecule has 1 heterocycles. The molecule has 0 radical (unpaired) electrons. The molecule has 2 aliphatic rings. The number of phenolic OH excluding ortho intramolecular Hbond substituents is 1. The number of hydrogen-bond acceptors (Lipinski definition) is 2. The molecule has 23 heavy (non-hydrogen) atoms. The summed E-state index contributed by atoms with van der Waals surface area (Å²) in [6.07, 6.45) is 4.67. The van der Waals surface area contributed by atoms with Gasteiger partial charge in [-0.15, -0.1) is 0 Å². The lowest BCUT2D eigenvalue weighted by atomic mass is 9.86. The monoisotopic (exact) mass is 327 g/mol. The first-order chi connectivity index (χ1) is 11.1. The van der Waals surface area contributed by atoms with E-state index in [1.54, 1.807) is 0 Å². The van der Waals surface area contributed by atoms with Gasteiger partial charge in [0.2, 0.25) is 0 Å². The third-order valence-electron chi connectivity index (χ3n) is 5.37. The largest absolute Gasteiger partial charge is 0.506 e. The number of rotatable bonds is 1. The van der Waals surface area contributed by atoms with E-state index in [0.29, 0.717) is 10.9 Å². The third kappa shape index (κ3) is 2.75. The van der Waals surface area contributed by atoms with Crippen molar-refractivity contribution in [2.75, 3.05) is 20.1 Å². The van der Waals surface area contributed by atoms with Crippen LogP contribution in [0.1, 0.15) is 40.2 Å². The molecule has 1 atom stereocenters. The highest BCUT2D eigenvalue weighted by Gasteiger charge is 2.25. The number of aryl methyl sites for hydroxylation is 2. The maximum Gasteiger partial charge on any atom is 0.134 e. The van der Waals surface area contributed by atoms with E-state index in [0.717, 1.165) is 19.5 Å². The van der Waals surface area contributed by atoms with Crippen molar-refractivity contribution in [3.8, 4) is 5.75 Å². The van der Waals surface area contributed by atoms with Crippen LogP contribution in [0.4, 0.5) is 0 Å². The van der Waals surface area contributed by atoms with Gasteiger partial charge in [-0.3, -0.25) is 0 Å². The van der Waals surface area contributed by atoms with Crippen LogP contribution in [-0.2, 0) is 19.3 Å². The normalized spacial score (nSPS) is 20.9. The van der Waals surface area contributed by atoms with Gasteiger partial charge in [-0.2, -0.15) is 0 Å². The minimum absolute atomic E-state index is 0.195. The van der Waals surface area contributed by atoms with Crippen molar-refractivity contribution < 1.29 is 5.11 Å². The van der Waals surface area contributed by atoms with E-state index in [1.807, 2.05) is 12.1 Å². The molecule has 0 amide bonds. The maximum absolute atomic E-state index is 10.1. The number of fused-ring (bicyclic) bond motifs is 2. The SMILES string of the molecule is CN1CCc2cc(Cl)c(O)cc2C(c2ccc3c(c2)CCC3)C1. The van der Waals surface area contributed by atoms with Crippen LogP contribution in [-0.4, -0.2) is 30.1 Å². The van der Waals surface area contributed by atoms with E-state index >= 15 is 0 Å². The van der Waals surface area contributed by atoms with Crippen LogP contribution in [0.25, 0.3) is 0 Å². The van der Waals surface area contributed by atoms with Crippen LogP contribution in [0, 0.1) is 0 Å². The van der Waals surface area contributed by atoms with Gasteiger partial charge in [-0.1, -0.05) is 29.8 Å². The van der Waals surface area contributed by atoms with Crippen molar-refractivity contribution >= 4 is 11.6 Å². The fourth-order valence-electron chi connectivity index (χ4n) is 4.07. The zero-order valence-corrected chi connectivity index (χ0v) is 14.2. The van der Waals surface area contributed by atoms with Gasteiger partial charge in [0.15, 0.2) is 0 Å². The zero-order chi connectivity index (χ0) is 16.0. The minimum atomic E-state index is 0.195. The highest BCUT2D eigenvalue weighted by atomic mass is 35.5. The molecule has 0 fully saturated rings. The third-order valence-corrected chi connectivity index (χ3v) is 5.67. The standard InChI is InChI=1S/C20H22ClNO/c1-22-8-7-16-10-19(21)20(23)11-17(16)18(12-22)15-6-5-13-3-2-4-14(13)9-15/h5-6,9-11,18,23H,2-4,7-8,12H2,1H3. The average Bonchev–Trinajstić information content (AvgIpc) is 2.95. The maximum atomic E-state index is 10.1. The summed E-state index contributed by atoms with van der Waals surface area (Å²) in [6, 6.07) is 10.8. The second-order valence-corrected chi connectivity index (χ2v) is 7.36. The van der Waals surface area contributed by atoms with E-state index in [4.69, 9.17) is 11.6 Å². The highest BCUT2D eigenvalue weighted by Crippen LogP contribution is 2.37. The van der Waals surface area contributed by atoms with Crippen LogP contribution >= 0.6 is 11.6 Å². The molecule has 0 saturated carbocycles. The second-order valence-electron chi connectivity index (χ2n) is 6.95. The van der Waals surface area contributed by atoms with Gasteiger partial charge in [0.1, 0.15) is 5.75 Å². The van der Waals surface area contributed by atoms with Crippen molar-refractivity contribution in [1.82, 2.24) is 4.90 Å². The molecule has 0 spiro atoms. The summed E-state index contributed by atoms with van der Waals surface area (Å²) in [5, 5.41) is 10.6. The molecule has 120 valence electrons. The average molecular weight is 328 g/mol. The van der Waals surface area contributed by atoms with Gasteiger partial charge in [0.25, 0.3) is 0 Å². The summed E-state index contributed by atoms with van der Waals surface area (Å²) in [6.45, 7) is 2.00. The summed E-state index contributed by atoms with van der Waals surface area (Å²) in [7, 11) is 2.17. The van der Waals surface area contributed by atoms with Gasteiger partial charge in [0, 0.05) is 19.0 Å². The molecule has 4 rings (SSSR count). The van der Waals surface area contributed by atoms with Gasteiger partial charge < -0.3 is 10.0 Å². The Morgan fingerprint density at radius 3 is 2.74 bits per heavy atom. The van der Waals surface area contributed by atoms with Crippen molar-refractivity contribution in [2.24, 2.45) is 0 Å². The predicted octanol–water partition coefficient (Wildman–Crippen LogP) is 4.15. The molecule has 1 N–H and O–H groups in total. The van der Waals surface area contributed by atoms with E-state index < -0.39 is 0 Å². The first-order valence-corrected chi connectivity index (χ1v) is 8.81. The van der Waals surface area contributed by atoms with Crippen LogP contribution < -0.4 is 0 Å². The van der Waals surface area contributed by atoms with Crippen LogP contribution in [0.5, 0.6) is 5.75 Å². The number of likely N-dealkylation sites (N-methyl/N-ethyl adjacent to an activating group) is 1. The van der Waals surface area contributed by atoms with E-state index in [-0.39, 0.29) is 5.75 Å². The fraction of sp³-hybridized carbons (Fsp3) is 0.400. The van der Waals surface area contributed by atoms with E-state index in [1.165, 1.54) is 47.1 Å². The number of hydrogen-bond donors (Lipinski definition) is 1. The van der Waals surface area contributed by atoms with Crippen molar-refractivity contribution in [3.63, 3.8) is 0 Å². The number of nitrogens with zero attached hydrogens (tertiary/aromatic N) is 1. The Kier molecular flexibility index (Phi) is 3.82. The number of aromatic hydroxyl groups is 1. The summed E-state index contributed by atoms with van der Waals surface area (Å²) in [5.74, 6) is 0.493. The first-order valence-electron chi connectivity index (χ1n) is 8.43. The second kappa shape index (κ2) is 5.85. The Morgan fingerprint density at radius 1 is 1.04 bits per heavy atom. The smallest absolute Gasteiger partial charge is 0.134 e. The Labute approximate surface area is 142 Å². The summed E-state index contributed by atoms with van der Waals surface area (Å²) >= 11 is 6.14. The molecule has 2 nitrogen and oxygen atoms in total. The first kappa shape index (κ1) is 15.0. The van der Waals surface area contributed by atoms with Gasteiger partial charge in [0.05, 0.1) is 5.02 Å². The Bertz CT molecular complexity index is 756. The lowest BCUT2D eigenvalue weighted by Crippen LogP contribution is -2.24. The Morgan fingerprint density at radius 2 is 1.87 bits per heavy atom. The van der Waals surface area contributed by atoms with Gasteiger partial charge in [-0.25, -0.2) is 0 Å². The number of halogens is 1. The highest BCUT2D eigenvalue weighted by molar-refractivity contribution is 6.32. The van der Waals surface area contributed by atoms with Gasteiger partial charge in [-0.05, 0) is 72.7 Å². The predicted molar refractivity (Wildman–Crippen MR) is 94.6 cm³/mol. The lowest BCUT2D eigenvalue weighted by Gasteiger charge is -2.23. The van der Waals surface area contributed by atoms with E-state index in [9.17, 15) is 5.11 Å². The van der Waals surface area contributed by atoms with Gasteiger partial charge >= 0.3 is 0 Å². The zero-order valence-electron chi connectivity index (χ0n) is 13.5. The molecule has 1 unspecified atom stereocenters. The molecular weight excluding hydrogens is 306 g/mol. The molecule has 1 aliphatic heterocycles. The summed E-state index contributed by atoms with van der Waals surface area (Å²) in [5.41, 5.74) is 6.88. The topological polar surface area (TPSA) is 23.5 Å². The van der Waals surface area contributed by atoms with Crippen molar-refractivity contribution in [2.45, 2.75) is 31.6 Å². The van der Waals surface area contributed by atoms with Crippen molar-refractivity contribution in [3.05, 3.63) is 63.2 Å². The number of phenols is 1. The molecule has 2 aromatic rings. The summed E-state index contributed by atoms with van der Waals surface area (Å²) in [4.78, 5) is 2.38. The molecule has 0 saturated heterocycles. The molecule has 1 aliphatic carbocycles. The number of benzene rings is 2. The van der Waals surface area contributed by atoms with Crippen molar-refractivity contribution in [1.29, 1.82) is 0 Å². The van der Waals surface area contributed by atoms with Crippen LogP contribution in [0.3, 0.4) is 0 Å². The molecular formula is C20H22ClNO. The van der Waals surface area contributed by atoms with Crippen LogP contribution in [0.2, 0.25) is 5.02 Å². The Hall–Kier alpha value is -1.51. The minimum Gasteiger partial charge on any atom is -0.506 e. The fourth-order valence-corrected chi connectivity index (χ4v) is 4.25. The lowest BCUT2D eigenvalue weighted by molar-refractivity contribution is 0.338. The Balaban J connectivity index is 1.82. The molecule has 0 bridgehead atoms. The van der Waals surface area contributed by atoms with Crippen LogP contribution in [0.15, 0.2) is 30.3 Å². The molecule has 0 aromatic heterocycles. The van der Waals surface area contributed by atoms with E-state index in [2.05, 4.69) is 30.1 Å². The quantitative estimate of drug-likeness (QED) is 0.850.